The maximum absolute atomic E-state index is 12.8. The lowest BCUT2D eigenvalue weighted by atomic mass is 10.0. The molecule has 2 rings (SSSR count). The predicted molar refractivity (Wildman–Crippen MR) is 56.3 cm³/mol. The van der Waals surface area contributed by atoms with E-state index in [-0.39, 0.29) is 6.10 Å². The molecule has 0 bridgehead atoms. The van der Waals surface area contributed by atoms with E-state index in [2.05, 4.69) is 10.3 Å². The minimum absolute atomic E-state index is 0.268. The molecule has 0 saturated carbocycles. The highest BCUT2D eigenvalue weighted by atomic mass is 19.1. The zero-order valence-corrected chi connectivity index (χ0v) is 8.74. The van der Waals surface area contributed by atoms with Crippen LogP contribution in [0.2, 0.25) is 0 Å². The molecule has 2 heterocycles. The first-order valence-electron chi connectivity index (χ1n) is 5.25. The summed E-state index contributed by atoms with van der Waals surface area (Å²) in [4.78, 5) is 3.77. The monoisotopic (exact) mass is 210 g/mol. The predicted octanol–water partition coefficient (Wildman–Crippen LogP) is 2.20. The van der Waals surface area contributed by atoms with Crippen molar-refractivity contribution in [1.82, 2.24) is 4.98 Å². The maximum atomic E-state index is 12.8. The van der Waals surface area contributed by atoms with Crippen LogP contribution in [0.15, 0.2) is 18.2 Å². The molecule has 82 valence electrons. The normalized spacial score (nSPS) is 26.3. The third-order valence-corrected chi connectivity index (χ3v) is 2.55. The maximum Gasteiger partial charge on any atom is 0.214 e. The number of nitrogens with one attached hydrogen (secondary N) is 1. The average molecular weight is 210 g/mol. The van der Waals surface area contributed by atoms with Gasteiger partial charge in [0.2, 0.25) is 5.95 Å². The van der Waals surface area contributed by atoms with Crippen LogP contribution >= 0.6 is 0 Å². The molecule has 0 amide bonds. The van der Waals surface area contributed by atoms with E-state index in [0.29, 0.717) is 11.9 Å². The van der Waals surface area contributed by atoms with Crippen molar-refractivity contribution in [2.45, 2.75) is 31.9 Å². The summed E-state index contributed by atoms with van der Waals surface area (Å²) in [6.45, 7) is 2.81. The molecule has 0 aromatic carbocycles. The van der Waals surface area contributed by atoms with Gasteiger partial charge in [-0.2, -0.15) is 4.39 Å². The fraction of sp³-hybridized carbons (Fsp3) is 0.545. The zero-order chi connectivity index (χ0) is 10.7. The van der Waals surface area contributed by atoms with Crippen LogP contribution in [0.1, 0.15) is 19.8 Å². The van der Waals surface area contributed by atoms with E-state index < -0.39 is 5.95 Å². The Morgan fingerprint density at radius 1 is 1.53 bits per heavy atom. The van der Waals surface area contributed by atoms with Crippen LogP contribution in [0.4, 0.5) is 10.2 Å². The summed E-state index contributed by atoms with van der Waals surface area (Å²) >= 11 is 0. The van der Waals surface area contributed by atoms with E-state index in [9.17, 15) is 4.39 Å². The number of halogens is 1. The first-order valence-corrected chi connectivity index (χ1v) is 5.25. The Kier molecular flexibility index (Phi) is 3.16. The third-order valence-electron chi connectivity index (χ3n) is 2.55. The number of aromatic nitrogens is 1. The van der Waals surface area contributed by atoms with Crippen molar-refractivity contribution < 1.29 is 9.13 Å². The minimum Gasteiger partial charge on any atom is -0.378 e. The Balaban J connectivity index is 1.96. The lowest BCUT2D eigenvalue weighted by Crippen LogP contribution is -2.32. The van der Waals surface area contributed by atoms with E-state index >= 15 is 0 Å². The Bertz CT molecular complexity index is 332. The molecule has 2 atom stereocenters. The molecule has 1 N–H and O–H groups in total. The van der Waals surface area contributed by atoms with Gasteiger partial charge < -0.3 is 10.1 Å². The molecule has 1 aromatic rings. The first kappa shape index (κ1) is 10.4. The summed E-state index contributed by atoms with van der Waals surface area (Å²) in [5.74, 6) is 0.161. The summed E-state index contributed by atoms with van der Waals surface area (Å²) in [5, 5.41) is 3.22. The third kappa shape index (κ3) is 2.89. The van der Waals surface area contributed by atoms with E-state index in [4.69, 9.17) is 4.74 Å². The van der Waals surface area contributed by atoms with Crippen LogP contribution in [0.3, 0.4) is 0 Å². The van der Waals surface area contributed by atoms with Crippen LogP contribution in [0, 0.1) is 5.95 Å². The summed E-state index contributed by atoms with van der Waals surface area (Å²) in [5.41, 5.74) is 0. The Morgan fingerprint density at radius 2 is 2.40 bits per heavy atom. The van der Waals surface area contributed by atoms with Crippen LogP contribution in [0.5, 0.6) is 0 Å². The number of hydrogen-bond donors (Lipinski definition) is 1. The molecule has 1 saturated heterocycles. The van der Waals surface area contributed by atoms with Gasteiger partial charge in [0.05, 0.1) is 6.10 Å². The van der Waals surface area contributed by atoms with Gasteiger partial charge in [0.25, 0.3) is 0 Å². The molecule has 1 aliphatic heterocycles. The number of anilines is 1. The van der Waals surface area contributed by atoms with Gasteiger partial charge in [0, 0.05) is 12.6 Å². The molecule has 1 fully saturated rings. The molecule has 0 radical (unpaired) electrons. The highest BCUT2D eigenvalue weighted by molar-refractivity contribution is 5.34. The second-order valence-electron chi connectivity index (χ2n) is 3.89. The van der Waals surface area contributed by atoms with Gasteiger partial charge in [0.1, 0.15) is 5.82 Å². The van der Waals surface area contributed by atoms with Gasteiger partial charge in [-0.15, -0.1) is 0 Å². The highest BCUT2D eigenvalue weighted by Crippen LogP contribution is 2.17. The second-order valence-corrected chi connectivity index (χ2v) is 3.89. The van der Waals surface area contributed by atoms with E-state index in [0.717, 1.165) is 19.4 Å². The molecule has 4 heteroatoms. The molecule has 2 unspecified atom stereocenters. The number of hydrogen-bond acceptors (Lipinski definition) is 3. The fourth-order valence-electron chi connectivity index (χ4n) is 1.83. The molecule has 15 heavy (non-hydrogen) atoms. The molecule has 0 aliphatic carbocycles. The van der Waals surface area contributed by atoms with Gasteiger partial charge in [-0.1, -0.05) is 6.07 Å². The van der Waals surface area contributed by atoms with Crippen LogP contribution in [-0.2, 0) is 4.74 Å². The molecular weight excluding hydrogens is 195 g/mol. The smallest absolute Gasteiger partial charge is 0.214 e. The number of ether oxygens (including phenoxy) is 1. The van der Waals surface area contributed by atoms with Crippen molar-refractivity contribution in [3.05, 3.63) is 24.1 Å². The van der Waals surface area contributed by atoms with Crippen LogP contribution < -0.4 is 5.32 Å². The fourth-order valence-corrected chi connectivity index (χ4v) is 1.83. The minimum atomic E-state index is -0.444. The highest BCUT2D eigenvalue weighted by Gasteiger charge is 2.19. The van der Waals surface area contributed by atoms with Crippen LogP contribution in [-0.4, -0.2) is 23.7 Å². The molecule has 0 spiro atoms. The number of pyridine rings is 1. The standard InChI is InChI=1S/C11H15FN2O/c1-8-7-9(5-6-15-8)13-11-4-2-3-10(12)14-11/h2-4,8-9H,5-7H2,1H3,(H,13,14). The van der Waals surface area contributed by atoms with Crippen molar-refractivity contribution in [2.24, 2.45) is 0 Å². The SMILES string of the molecule is CC1CC(Nc2cccc(F)n2)CCO1. The summed E-state index contributed by atoms with van der Waals surface area (Å²) in [6.07, 6.45) is 2.16. The van der Waals surface area contributed by atoms with Crippen LogP contribution in [0.25, 0.3) is 0 Å². The molecule has 1 aliphatic rings. The second kappa shape index (κ2) is 4.57. The van der Waals surface area contributed by atoms with Crippen molar-refractivity contribution in [3.8, 4) is 0 Å². The van der Waals surface area contributed by atoms with Gasteiger partial charge in [0.15, 0.2) is 0 Å². The van der Waals surface area contributed by atoms with Gasteiger partial charge in [-0.05, 0) is 31.9 Å². The lowest BCUT2D eigenvalue weighted by molar-refractivity contribution is 0.0231. The molecular formula is C11H15FN2O. The average Bonchev–Trinajstić information content (AvgIpc) is 2.17. The Hall–Kier alpha value is -1.16. The summed E-state index contributed by atoms with van der Waals surface area (Å²) < 4.78 is 18.3. The van der Waals surface area contributed by atoms with E-state index in [1.165, 1.54) is 6.07 Å². The number of nitrogens with zero attached hydrogens (tertiary/aromatic N) is 1. The van der Waals surface area contributed by atoms with E-state index in [1.807, 2.05) is 6.92 Å². The van der Waals surface area contributed by atoms with Gasteiger partial charge in [-0.3, -0.25) is 0 Å². The quantitative estimate of drug-likeness (QED) is 0.760. The van der Waals surface area contributed by atoms with E-state index in [1.54, 1.807) is 12.1 Å². The van der Waals surface area contributed by atoms with Crippen molar-refractivity contribution in [2.75, 3.05) is 11.9 Å². The number of rotatable bonds is 2. The zero-order valence-electron chi connectivity index (χ0n) is 8.74. The summed E-state index contributed by atoms with van der Waals surface area (Å²) in [6, 6.07) is 5.12. The Morgan fingerprint density at radius 3 is 3.13 bits per heavy atom. The van der Waals surface area contributed by atoms with Gasteiger partial charge in [-0.25, -0.2) is 4.98 Å². The lowest BCUT2D eigenvalue weighted by Gasteiger charge is -2.28. The topological polar surface area (TPSA) is 34.2 Å². The van der Waals surface area contributed by atoms with Crippen molar-refractivity contribution in [3.63, 3.8) is 0 Å². The largest absolute Gasteiger partial charge is 0.378 e. The van der Waals surface area contributed by atoms with Crippen molar-refractivity contribution in [1.29, 1.82) is 0 Å². The Labute approximate surface area is 88.7 Å². The first-order chi connectivity index (χ1) is 7.24. The van der Waals surface area contributed by atoms with Crippen molar-refractivity contribution >= 4 is 5.82 Å². The molecule has 3 nitrogen and oxygen atoms in total. The summed E-state index contributed by atoms with van der Waals surface area (Å²) in [7, 11) is 0. The van der Waals surface area contributed by atoms with Gasteiger partial charge >= 0.3 is 0 Å². The molecule has 1 aromatic heterocycles.